The number of carbonyl (C=O) groups is 2. The van der Waals surface area contributed by atoms with E-state index in [1.54, 1.807) is 0 Å². The molecule has 0 unspecified atom stereocenters. The van der Waals surface area contributed by atoms with Crippen molar-refractivity contribution in [2.75, 3.05) is 13.6 Å². The smallest absolute Gasteiger partial charge is 0.305 e. The zero-order chi connectivity index (χ0) is 12.1. The second-order valence-corrected chi connectivity index (χ2v) is 3.18. The van der Waals surface area contributed by atoms with E-state index in [-0.39, 0.29) is 18.7 Å². The second-order valence-electron chi connectivity index (χ2n) is 3.18. The van der Waals surface area contributed by atoms with Crippen LogP contribution in [-0.2, 0) is 4.79 Å². The number of amides is 1. The first kappa shape index (κ1) is 11.9. The lowest BCUT2D eigenvalue weighted by molar-refractivity contribution is -0.137. The number of aliphatic carboxylic acids is 1. The summed E-state index contributed by atoms with van der Waals surface area (Å²) in [6, 6.07) is 2.48. The van der Waals surface area contributed by atoms with Crippen molar-refractivity contribution in [3.8, 4) is 0 Å². The van der Waals surface area contributed by atoms with Crippen LogP contribution in [0, 0.1) is 0 Å². The lowest BCUT2D eigenvalue weighted by atomic mass is 10.3. The second kappa shape index (κ2) is 5.06. The summed E-state index contributed by atoms with van der Waals surface area (Å²) < 4.78 is 0. The van der Waals surface area contributed by atoms with Gasteiger partial charge in [-0.1, -0.05) is 0 Å². The topological polar surface area (TPSA) is 103 Å². The van der Waals surface area contributed by atoms with E-state index < -0.39 is 17.4 Å². The number of aromatic nitrogens is 2. The molecule has 1 amide bonds. The molecule has 0 aliphatic heterocycles. The number of hydrogen-bond donors (Lipinski definition) is 2. The molecule has 0 spiro atoms. The van der Waals surface area contributed by atoms with E-state index in [0.29, 0.717) is 0 Å². The number of carbonyl (C=O) groups excluding carboxylic acids is 1. The van der Waals surface area contributed by atoms with Crippen LogP contribution in [0.5, 0.6) is 0 Å². The first-order valence-electron chi connectivity index (χ1n) is 4.53. The Morgan fingerprint density at radius 2 is 2.19 bits per heavy atom. The number of nitrogens with one attached hydrogen (secondary N) is 1. The van der Waals surface area contributed by atoms with Gasteiger partial charge in [-0.25, -0.2) is 5.10 Å². The summed E-state index contributed by atoms with van der Waals surface area (Å²) in [6.45, 7) is 0.0922. The van der Waals surface area contributed by atoms with E-state index in [9.17, 15) is 14.4 Å². The lowest BCUT2D eigenvalue weighted by Crippen LogP contribution is -2.30. The summed E-state index contributed by atoms with van der Waals surface area (Å²) in [5.41, 5.74) is -0.322. The van der Waals surface area contributed by atoms with Crippen molar-refractivity contribution in [1.82, 2.24) is 15.1 Å². The van der Waals surface area contributed by atoms with Crippen molar-refractivity contribution in [2.45, 2.75) is 6.42 Å². The highest BCUT2D eigenvalue weighted by molar-refractivity contribution is 5.92. The average Bonchev–Trinajstić information content (AvgIpc) is 2.26. The van der Waals surface area contributed by atoms with Crippen molar-refractivity contribution in [3.63, 3.8) is 0 Å². The summed E-state index contributed by atoms with van der Waals surface area (Å²) in [5.74, 6) is -1.41. The van der Waals surface area contributed by atoms with Crippen molar-refractivity contribution >= 4 is 11.9 Å². The van der Waals surface area contributed by atoms with Gasteiger partial charge in [-0.3, -0.25) is 14.4 Å². The number of H-pyrrole nitrogens is 1. The lowest BCUT2D eigenvalue weighted by Gasteiger charge is -2.14. The molecule has 1 heterocycles. The first-order chi connectivity index (χ1) is 7.50. The number of aromatic amines is 1. The Balaban J connectivity index is 2.66. The molecule has 0 aliphatic carbocycles. The van der Waals surface area contributed by atoms with Crippen LogP contribution in [-0.4, -0.2) is 45.7 Å². The molecule has 0 bridgehead atoms. The van der Waals surface area contributed by atoms with Crippen LogP contribution in [0.25, 0.3) is 0 Å². The zero-order valence-corrected chi connectivity index (χ0v) is 8.64. The largest absolute Gasteiger partial charge is 0.481 e. The number of carboxylic acid groups (broad SMARTS) is 1. The molecular weight excluding hydrogens is 214 g/mol. The molecular formula is C9H11N3O4. The van der Waals surface area contributed by atoms with Gasteiger partial charge in [-0.15, -0.1) is 0 Å². The van der Waals surface area contributed by atoms with Crippen molar-refractivity contribution in [3.05, 3.63) is 28.2 Å². The summed E-state index contributed by atoms with van der Waals surface area (Å²) in [5, 5.41) is 14.1. The first-order valence-corrected chi connectivity index (χ1v) is 4.53. The number of nitrogens with zero attached hydrogens (tertiary/aromatic N) is 2. The van der Waals surface area contributed by atoms with Gasteiger partial charge < -0.3 is 10.0 Å². The maximum atomic E-state index is 11.6. The third-order valence-corrected chi connectivity index (χ3v) is 1.91. The average molecular weight is 225 g/mol. The predicted octanol–water partition coefficient (Wildman–Crippen LogP) is -0.683. The van der Waals surface area contributed by atoms with E-state index in [2.05, 4.69) is 10.2 Å². The molecule has 2 N–H and O–H groups in total. The van der Waals surface area contributed by atoms with Crippen LogP contribution in [0.15, 0.2) is 16.9 Å². The Labute approximate surface area is 90.7 Å². The number of carboxylic acids is 1. The van der Waals surface area contributed by atoms with E-state index in [1.165, 1.54) is 24.1 Å². The predicted molar refractivity (Wildman–Crippen MR) is 54.1 cm³/mol. The molecule has 0 saturated heterocycles. The maximum Gasteiger partial charge on any atom is 0.305 e. The SMILES string of the molecule is CN(CCC(=O)O)C(=O)c1ccc(=O)[nH]n1. The minimum absolute atomic E-state index is 0.0764. The standard InChI is InChI=1S/C9H11N3O4/c1-12(5-4-8(14)15)9(16)6-2-3-7(13)11-10-6/h2-3H,4-5H2,1H3,(H,11,13)(H,14,15). The van der Waals surface area contributed by atoms with Gasteiger partial charge in [-0.2, -0.15) is 5.10 Å². The fourth-order valence-corrected chi connectivity index (χ4v) is 1.02. The Hall–Kier alpha value is -2.18. The van der Waals surface area contributed by atoms with E-state index in [4.69, 9.17) is 5.11 Å². The van der Waals surface area contributed by atoms with Gasteiger partial charge in [-0.05, 0) is 6.07 Å². The van der Waals surface area contributed by atoms with Gasteiger partial charge in [0.2, 0.25) is 0 Å². The molecule has 16 heavy (non-hydrogen) atoms. The Kier molecular flexibility index (Phi) is 3.76. The van der Waals surface area contributed by atoms with Crippen molar-refractivity contribution in [2.24, 2.45) is 0 Å². The minimum Gasteiger partial charge on any atom is -0.481 e. The highest BCUT2D eigenvalue weighted by Crippen LogP contribution is 1.97. The Bertz CT molecular complexity index is 434. The molecule has 0 saturated carbocycles. The normalized spacial score (nSPS) is 9.81. The quantitative estimate of drug-likeness (QED) is 0.706. The van der Waals surface area contributed by atoms with E-state index >= 15 is 0 Å². The molecule has 7 nitrogen and oxygen atoms in total. The monoisotopic (exact) mass is 225 g/mol. The van der Waals surface area contributed by atoms with Crippen LogP contribution < -0.4 is 5.56 Å². The Morgan fingerprint density at radius 1 is 1.50 bits per heavy atom. The van der Waals surface area contributed by atoms with Crippen molar-refractivity contribution in [1.29, 1.82) is 0 Å². The van der Waals surface area contributed by atoms with Gasteiger partial charge in [0.25, 0.3) is 11.5 Å². The fourth-order valence-electron chi connectivity index (χ4n) is 1.02. The maximum absolute atomic E-state index is 11.6. The van der Waals surface area contributed by atoms with Crippen LogP contribution in [0.3, 0.4) is 0 Å². The molecule has 0 atom stereocenters. The molecule has 0 radical (unpaired) electrons. The van der Waals surface area contributed by atoms with Crippen LogP contribution in [0.1, 0.15) is 16.9 Å². The van der Waals surface area contributed by atoms with Gasteiger partial charge in [0.15, 0.2) is 0 Å². The summed E-state index contributed by atoms with van der Waals surface area (Å²) in [4.78, 5) is 33.9. The number of hydrogen-bond acceptors (Lipinski definition) is 4. The fraction of sp³-hybridized carbons (Fsp3) is 0.333. The van der Waals surface area contributed by atoms with Crippen LogP contribution in [0.4, 0.5) is 0 Å². The molecule has 7 heteroatoms. The zero-order valence-electron chi connectivity index (χ0n) is 8.64. The molecule has 1 rings (SSSR count). The molecule has 1 aromatic heterocycles. The molecule has 0 fully saturated rings. The van der Waals surface area contributed by atoms with Gasteiger partial charge in [0.1, 0.15) is 5.69 Å². The minimum atomic E-state index is -0.978. The van der Waals surface area contributed by atoms with Crippen molar-refractivity contribution < 1.29 is 14.7 Å². The third kappa shape index (κ3) is 3.19. The molecule has 86 valence electrons. The highest BCUT2D eigenvalue weighted by atomic mass is 16.4. The van der Waals surface area contributed by atoms with Crippen LogP contribution >= 0.6 is 0 Å². The van der Waals surface area contributed by atoms with Crippen LogP contribution in [0.2, 0.25) is 0 Å². The van der Waals surface area contributed by atoms with Gasteiger partial charge >= 0.3 is 5.97 Å². The third-order valence-electron chi connectivity index (χ3n) is 1.91. The van der Waals surface area contributed by atoms with E-state index in [1.807, 2.05) is 0 Å². The molecule has 0 aromatic carbocycles. The van der Waals surface area contributed by atoms with Gasteiger partial charge in [0, 0.05) is 19.7 Å². The number of rotatable bonds is 4. The summed E-state index contributed by atoms with van der Waals surface area (Å²) in [7, 11) is 1.47. The van der Waals surface area contributed by atoms with E-state index in [0.717, 1.165) is 0 Å². The molecule has 1 aromatic rings. The summed E-state index contributed by atoms with van der Waals surface area (Å²) in [6.07, 6.45) is -0.133. The van der Waals surface area contributed by atoms with Gasteiger partial charge in [0.05, 0.1) is 6.42 Å². The summed E-state index contributed by atoms with van der Waals surface area (Å²) >= 11 is 0. The Morgan fingerprint density at radius 3 is 2.69 bits per heavy atom. The molecule has 0 aliphatic rings. The highest BCUT2D eigenvalue weighted by Gasteiger charge is 2.13.